The molecule has 1 aromatic heterocycles. The maximum absolute atomic E-state index is 14.7. The third-order valence-corrected chi connectivity index (χ3v) is 7.13. The Kier molecular flexibility index (Phi) is 5.73. The van der Waals surface area contributed by atoms with Crippen LogP contribution in [0.3, 0.4) is 0 Å². The first kappa shape index (κ1) is 20.4. The molecule has 1 N–H and O–H groups in total. The van der Waals surface area contributed by atoms with E-state index in [2.05, 4.69) is 15.2 Å². The number of amides is 1. The van der Waals surface area contributed by atoms with Gasteiger partial charge in [-0.2, -0.15) is 0 Å². The summed E-state index contributed by atoms with van der Waals surface area (Å²) >= 11 is 7.77. The topological polar surface area (TPSA) is 54.5 Å². The van der Waals surface area contributed by atoms with Crippen LogP contribution >= 0.6 is 23.4 Å². The summed E-state index contributed by atoms with van der Waals surface area (Å²) in [5, 5.41) is 3.13. The number of thioether (sulfide) groups is 1. The highest BCUT2D eigenvalue weighted by Gasteiger charge is 2.57. The fourth-order valence-corrected chi connectivity index (χ4v) is 5.40. The van der Waals surface area contributed by atoms with E-state index >= 15 is 0 Å². The number of nitrogens with zero attached hydrogens (tertiary/aromatic N) is 2. The van der Waals surface area contributed by atoms with Gasteiger partial charge in [-0.1, -0.05) is 11.6 Å². The van der Waals surface area contributed by atoms with Gasteiger partial charge < -0.3 is 15.0 Å². The van der Waals surface area contributed by atoms with Gasteiger partial charge in [0.15, 0.2) is 11.0 Å². The molecule has 8 heteroatoms. The fourth-order valence-electron chi connectivity index (χ4n) is 3.79. The lowest BCUT2D eigenvalue weighted by atomic mass is 10.1. The lowest BCUT2D eigenvalue weighted by molar-refractivity contribution is 0.0925. The molecule has 2 aliphatic rings. The molecule has 2 saturated heterocycles. The van der Waals surface area contributed by atoms with Crippen LogP contribution in [0.5, 0.6) is 5.75 Å². The van der Waals surface area contributed by atoms with E-state index in [0.717, 1.165) is 37.2 Å². The maximum Gasteiger partial charge on any atom is 0.255 e. The average molecular weight is 436 g/mol. The van der Waals surface area contributed by atoms with E-state index in [-0.39, 0.29) is 15.6 Å². The Hall–Kier alpha value is -1.83. The van der Waals surface area contributed by atoms with E-state index in [0.29, 0.717) is 17.6 Å². The van der Waals surface area contributed by atoms with Gasteiger partial charge in [-0.15, -0.1) is 11.8 Å². The number of likely N-dealkylation sites (tertiary alicyclic amines) is 1. The highest BCUT2D eigenvalue weighted by Crippen LogP contribution is 2.55. The second-order valence-electron chi connectivity index (χ2n) is 7.45. The van der Waals surface area contributed by atoms with Gasteiger partial charge >= 0.3 is 0 Å². The molecule has 1 aromatic carbocycles. The number of pyridine rings is 1. The molecule has 2 atom stereocenters. The van der Waals surface area contributed by atoms with Gasteiger partial charge in [0, 0.05) is 17.4 Å². The van der Waals surface area contributed by atoms with E-state index in [1.807, 2.05) is 38.2 Å². The SMILES string of the molecule is CCOc1ccc(-c2cc(C(=O)N[C@@]34CN(C)CCCC3S4)c(F)c(Cl)n2)cc1. The summed E-state index contributed by atoms with van der Waals surface area (Å²) in [6.45, 7) is 4.24. The predicted octanol–water partition coefficient (Wildman–Crippen LogP) is 4.21. The van der Waals surface area contributed by atoms with Crippen molar-refractivity contribution in [1.29, 1.82) is 0 Å². The molecule has 5 nitrogen and oxygen atoms in total. The Morgan fingerprint density at radius 1 is 1.45 bits per heavy atom. The molecular weight excluding hydrogens is 413 g/mol. The lowest BCUT2D eigenvalue weighted by Gasteiger charge is -2.22. The summed E-state index contributed by atoms with van der Waals surface area (Å²) < 4.78 is 20.1. The molecule has 1 unspecified atom stereocenters. The molecule has 2 aliphatic heterocycles. The molecule has 29 heavy (non-hydrogen) atoms. The minimum absolute atomic E-state index is 0.0820. The van der Waals surface area contributed by atoms with E-state index in [1.54, 1.807) is 11.8 Å². The van der Waals surface area contributed by atoms with Crippen LogP contribution in [0.15, 0.2) is 30.3 Å². The molecule has 0 bridgehead atoms. The van der Waals surface area contributed by atoms with Gasteiger partial charge in [0.05, 0.1) is 17.9 Å². The first-order valence-corrected chi connectivity index (χ1v) is 11.0. The number of aromatic nitrogens is 1. The van der Waals surface area contributed by atoms with E-state index in [9.17, 15) is 9.18 Å². The Morgan fingerprint density at radius 2 is 2.21 bits per heavy atom. The summed E-state index contributed by atoms with van der Waals surface area (Å²) in [6, 6.07) is 8.71. The highest BCUT2D eigenvalue weighted by atomic mass is 35.5. The summed E-state index contributed by atoms with van der Waals surface area (Å²) in [5.41, 5.74) is 1.09. The van der Waals surface area contributed by atoms with Gasteiger partial charge in [-0.25, -0.2) is 9.37 Å². The number of halogens is 2. The molecular formula is C21H23ClFN3O2S. The number of rotatable bonds is 5. The molecule has 0 saturated carbocycles. The second-order valence-corrected chi connectivity index (χ2v) is 9.34. The highest BCUT2D eigenvalue weighted by molar-refractivity contribution is 8.08. The number of ether oxygens (including phenoxy) is 1. The Labute approximate surface area is 179 Å². The Morgan fingerprint density at radius 3 is 2.93 bits per heavy atom. The van der Waals surface area contributed by atoms with Crippen LogP contribution in [0.25, 0.3) is 11.3 Å². The summed E-state index contributed by atoms with van der Waals surface area (Å²) in [5.74, 6) is -0.514. The number of hydrogen-bond donors (Lipinski definition) is 1. The number of likely N-dealkylation sites (N-methyl/N-ethyl adjacent to an activating group) is 1. The summed E-state index contributed by atoms with van der Waals surface area (Å²) in [7, 11) is 2.04. The number of carbonyl (C=O) groups excluding carboxylic acids is 1. The van der Waals surface area contributed by atoms with Crippen molar-refractivity contribution in [3.63, 3.8) is 0 Å². The van der Waals surface area contributed by atoms with Crippen LogP contribution in [0, 0.1) is 5.82 Å². The van der Waals surface area contributed by atoms with Crippen molar-refractivity contribution in [2.45, 2.75) is 29.9 Å². The zero-order valence-electron chi connectivity index (χ0n) is 16.4. The quantitative estimate of drug-likeness (QED) is 0.563. The first-order valence-electron chi connectivity index (χ1n) is 9.70. The number of nitrogens with one attached hydrogen (secondary N) is 1. The minimum Gasteiger partial charge on any atom is -0.494 e. The van der Waals surface area contributed by atoms with Gasteiger partial charge in [0.1, 0.15) is 10.6 Å². The van der Waals surface area contributed by atoms with Crippen molar-refractivity contribution in [3.8, 4) is 17.0 Å². The van der Waals surface area contributed by atoms with Crippen LogP contribution in [0.4, 0.5) is 4.39 Å². The predicted molar refractivity (Wildman–Crippen MR) is 114 cm³/mol. The average Bonchev–Trinajstić information content (AvgIpc) is 3.37. The van der Waals surface area contributed by atoms with Crippen LogP contribution in [0.1, 0.15) is 30.1 Å². The summed E-state index contributed by atoms with van der Waals surface area (Å²) in [6.07, 6.45) is 2.15. The second kappa shape index (κ2) is 8.13. The lowest BCUT2D eigenvalue weighted by Crippen LogP contribution is -2.46. The van der Waals surface area contributed by atoms with Crippen LogP contribution in [0.2, 0.25) is 5.15 Å². The van der Waals surface area contributed by atoms with Crippen molar-refractivity contribution in [1.82, 2.24) is 15.2 Å². The molecule has 2 aromatic rings. The van der Waals surface area contributed by atoms with E-state index in [1.165, 1.54) is 6.07 Å². The molecule has 0 spiro atoms. The van der Waals surface area contributed by atoms with Crippen molar-refractivity contribution in [2.24, 2.45) is 0 Å². The largest absolute Gasteiger partial charge is 0.494 e. The molecule has 4 rings (SSSR count). The molecule has 154 valence electrons. The molecule has 2 fully saturated rings. The minimum atomic E-state index is -0.792. The molecule has 3 heterocycles. The molecule has 1 amide bonds. The standard InChI is InChI=1S/C21H23ClFN3O2S/c1-3-28-14-8-6-13(7-9-14)16-11-15(18(23)19(22)24-16)20(27)25-21-12-26(2)10-4-5-17(21)29-21/h6-9,11,17H,3-5,10,12H2,1-2H3,(H,25,27)/t17?,21-/m1/s1. The molecule has 0 radical (unpaired) electrons. The Balaban J connectivity index is 1.59. The zero-order valence-corrected chi connectivity index (χ0v) is 17.9. The van der Waals surface area contributed by atoms with E-state index < -0.39 is 11.7 Å². The van der Waals surface area contributed by atoms with Gasteiger partial charge in [0.25, 0.3) is 5.91 Å². The van der Waals surface area contributed by atoms with E-state index in [4.69, 9.17) is 16.3 Å². The third kappa shape index (κ3) is 4.22. The smallest absolute Gasteiger partial charge is 0.255 e. The van der Waals surface area contributed by atoms with Gasteiger partial charge in [-0.3, -0.25) is 4.79 Å². The number of benzene rings is 1. The number of fused-ring (bicyclic) bond motifs is 1. The van der Waals surface area contributed by atoms with Crippen molar-refractivity contribution >= 4 is 29.3 Å². The van der Waals surface area contributed by atoms with Crippen LogP contribution < -0.4 is 10.1 Å². The van der Waals surface area contributed by atoms with Crippen LogP contribution in [-0.4, -0.2) is 52.7 Å². The monoisotopic (exact) mass is 435 g/mol. The molecule has 0 aliphatic carbocycles. The fraction of sp³-hybridized carbons (Fsp3) is 0.429. The maximum atomic E-state index is 14.7. The normalized spacial score (nSPS) is 23.8. The van der Waals surface area contributed by atoms with Gasteiger partial charge in [-0.05, 0) is 63.7 Å². The zero-order chi connectivity index (χ0) is 20.6. The first-order chi connectivity index (χ1) is 13.9. The van der Waals surface area contributed by atoms with Crippen molar-refractivity contribution in [2.75, 3.05) is 26.7 Å². The number of hydrogen-bond acceptors (Lipinski definition) is 5. The van der Waals surface area contributed by atoms with Crippen molar-refractivity contribution < 1.29 is 13.9 Å². The van der Waals surface area contributed by atoms with Crippen molar-refractivity contribution in [3.05, 3.63) is 46.9 Å². The third-order valence-electron chi connectivity index (χ3n) is 5.27. The summed E-state index contributed by atoms with van der Waals surface area (Å²) in [4.78, 5) is 19.0. The number of carbonyl (C=O) groups is 1. The van der Waals surface area contributed by atoms with Crippen LogP contribution in [-0.2, 0) is 0 Å². The Bertz CT molecular complexity index is 927. The van der Waals surface area contributed by atoms with Gasteiger partial charge in [0.2, 0.25) is 0 Å².